The first-order chi connectivity index (χ1) is 7.30. The topological polar surface area (TPSA) is 55.0 Å². The van der Waals surface area contributed by atoms with Crippen molar-refractivity contribution in [2.24, 2.45) is 11.1 Å². The molecule has 0 saturated carbocycles. The predicted octanol–water partition coefficient (Wildman–Crippen LogP) is 1.46. The van der Waals surface area contributed by atoms with E-state index in [-0.39, 0.29) is 11.5 Å². The second-order valence-corrected chi connectivity index (χ2v) is 5.42. The molecule has 0 aliphatic carbocycles. The summed E-state index contributed by atoms with van der Waals surface area (Å²) >= 11 is 0. The van der Waals surface area contributed by atoms with Crippen molar-refractivity contribution < 1.29 is 0 Å². The molecule has 4 nitrogen and oxygen atoms in total. The highest BCUT2D eigenvalue weighted by Gasteiger charge is 2.21. The minimum atomic E-state index is 0.100. The lowest BCUT2D eigenvalue weighted by atomic mass is 9.85. The zero-order valence-electron chi connectivity index (χ0n) is 10.9. The second-order valence-electron chi connectivity index (χ2n) is 5.42. The van der Waals surface area contributed by atoms with E-state index in [9.17, 15) is 0 Å². The first kappa shape index (κ1) is 12.9. The number of nitrogens with zero attached hydrogens (tertiary/aromatic N) is 3. The lowest BCUT2D eigenvalue weighted by Gasteiger charge is -2.26. The van der Waals surface area contributed by atoms with Gasteiger partial charge in [0.1, 0.15) is 0 Å². The van der Waals surface area contributed by atoms with Gasteiger partial charge in [-0.1, -0.05) is 20.8 Å². The summed E-state index contributed by atoms with van der Waals surface area (Å²) in [6, 6.07) is 2.04. The van der Waals surface area contributed by atoms with Crippen LogP contribution < -0.4 is 10.6 Å². The molecule has 0 aliphatic heterocycles. The standard InChI is InChI=1S/C12H22N4/c1-12(2,3)10(13)8-9-6-7-14-11(15-9)16(4)5/h6-7,10H,8,13H2,1-5H3. The van der Waals surface area contributed by atoms with Crippen molar-refractivity contribution >= 4 is 5.95 Å². The van der Waals surface area contributed by atoms with E-state index in [4.69, 9.17) is 5.73 Å². The lowest BCUT2D eigenvalue weighted by molar-refractivity contribution is 0.317. The maximum absolute atomic E-state index is 6.13. The van der Waals surface area contributed by atoms with Gasteiger partial charge in [-0.2, -0.15) is 0 Å². The molecule has 0 spiro atoms. The molecule has 0 aliphatic rings. The molecule has 1 aromatic rings. The van der Waals surface area contributed by atoms with Gasteiger partial charge in [-0.25, -0.2) is 9.97 Å². The van der Waals surface area contributed by atoms with Crippen LogP contribution in [-0.4, -0.2) is 30.1 Å². The zero-order valence-corrected chi connectivity index (χ0v) is 10.9. The van der Waals surface area contributed by atoms with E-state index in [2.05, 4.69) is 30.7 Å². The molecule has 4 heteroatoms. The van der Waals surface area contributed by atoms with Gasteiger partial charge < -0.3 is 10.6 Å². The van der Waals surface area contributed by atoms with Gasteiger partial charge in [0, 0.05) is 38.4 Å². The molecule has 0 bridgehead atoms. The van der Waals surface area contributed by atoms with E-state index in [0.717, 1.165) is 18.1 Å². The number of anilines is 1. The molecule has 1 atom stereocenters. The van der Waals surface area contributed by atoms with Crippen molar-refractivity contribution in [2.75, 3.05) is 19.0 Å². The van der Waals surface area contributed by atoms with Gasteiger partial charge in [0.05, 0.1) is 0 Å². The highest BCUT2D eigenvalue weighted by molar-refractivity contribution is 5.27. The second kappa shape index (κ2) is 4.78. The smallest absolute Gasteiger partial charge is 0.224 e. The minimum Gasteiger partial charge on any atom is -0.347 e. The number of aromatic nitrogens is 2. The van der Waals surface area contributed by atoms with Crippen molar-refractivity contribution in [3.05, 3.63) is 18.0 Å². The van der Waals surface area contributed by atoms with Crippen LogP contribution in [0.2, 0.25) is 0 Å². The lowest BCUT2D eigenvalue weighted by Crippen LogP contribution is -2.37. The fraction of sp³-hybridized carbons (Fsp3) is 0.667. The average molecular weight is 222 g/mol. The van der Waals surface area contributed by atoms with Crippen LogP contribution in [0.4, 0.5) is 5.95 Å². The molecule has 1 heterocycles. The molecule has 0 aromatic carbocycles. The monoisotopic (exact) mass is 222 g/mol. The minimum absolute atomic E-state index is 0.100. The quantitative estimate of drug-likeness (QED) is 0.841. The fourth-order valence-electron chi connectivity index (χ4n) is 1.25. The third-order valence-electron chi connectivity index (χ3n) is 2.64. The molecule has 90 valence electrons. The summed E-state index contributed by atoms with van der Waals surface area (Å²) in [6.45, 7) is 6.43. The van der Waals surface area contributed by atoms with Crippen LogP contribution in [0.1, 0.15) is 26.5 Å². The first-order valence-corrected chi connectivity index (χ1v) is 5.55. The maximum atomic E-state index is 6.13. The normalized spacial score (nSPS) is 13.6. The van der Waals surface area contributed by atoms with Crippen LogP contribution in [0.25, 0.3) is 0 Å². The highest BCUT2D eigenvalue weighted by atomic mass is 15.2. The van der Waals surface area contributed by atoms with Gasteiger partial charge in [0.2, 0.25) is 5.95 Å². The van der Waals surface area contributed by atoms with Crippen LogP contribution in [0.15, 0.2) is 12.3 Å². The van der Waals surface area contributed by atoms with E-state index >= 15 is 0 Å². The van der Waals surface area contributed by atoms with E-state index in [1.54, 1.807) is 6.20 Å². The summed E-state index contributed by atoms with van der Waals surface area (Å²) in [5.41, 5.74) is 7.24. The SMILES string of the molecule is CN(C)c1nccc(CC(N)C(C)(C)C)n1. The Hall–Kier alpha value is -1.16. The Balaban J connectivity index is 2.78. The largest absolute Gasteiger partial charge is 0.347 e. The fourth-order valence-corrected chi connectivity index (χ4v) is 1.25. The molecule has 0 radical (unpaired) electrons. The molecule has 1 unspecified atom stereocenters. The number of rotatable bonds is 3. The number of hydrogen-bond donors (Lipinski definition) is 1. The maximum Gasteiger partial charge on any atom is 0.224 e. The molecule has 1 rings (SSSR count). The summed E-state index contributed by atoms with van der Waals surface area (Å²) in [7, 11) is 3.87. The Morgan fingerprint density at radius 1 is 1.38 bits per heavy atom. The van der Waals surface area contributed by atoms with E-state index < -0.39 is 0 Å². The zero-order chi connectivity index (χ0) is 12.3. The van der Waals surface area contributed by atoms with Gasteiger partial charge in [-0.05, 0) is 11.5 Å². The van der Waals surface area contributed by atoms with Crippen LogP contribution in [-0.2, 0) is 6.42 Å². The Labute approximate surface area is 97.9 Å². The number of hydrogen-bond acceptors (Lipinski definition) is 4. The highest BCUT2D eigenvalue weighted by Crippen LogP contribution is 2.20. The molecular formula is C12H22N4. The summed E-state index contributed by atoms with van der Waals surface area (Å²) in [5, 5.41) is 0. The molecule has 1 aromatic heterocycles. The van der Waals surface area contributed by atoms with Crippen LogP contribution in [0.3, 0.4) is 0 Å². The number of nitrogens with two attached hydrogens (primary N) is 1. The molecule has 0 fully saturated rings. The third-order valence-corrected chi connectivity index (χ3v) is 2.64. The van der Waals surface area contributed by atoms with E-state index in [1.807, 2.05) is 25.1 Å². The van der Waals surface area contributed by atoms with Gasteiger partial charge in [-0.3, -0.25) is 0 Å². The Morgan fingerprint density at radius 3 is 2.50 bits per heavy atom. The van der Waals surface area contributed by atoms with E-state index in [1.165, 1.54) is 0 Å². The molecule has 16 heavy (non-hydrogen) atoms. The molecule has 0 amide bonds. The van der Waals surface area contributed by atoms with Crippen molar-refractivity contribution in [1.82, 2.24) is 9.97 Å². The van der Waals surface area contributed by atoms with Crippen molar-refractivity contribution in [3.8, 4) is 0 Å². The molecule has 0 saturated heterocycles. The molecular weight excluding hydrogens is 200 g/mol. The first-order valence-electron chi connectivity index (χ1n) is 5.55. The van der Waals surface area contributed by atoms with Crippen LogP contribution in [0, 0.1) is 5.41 Å². The van der Waals surface area contributed by atoms with Gasteiger partial charge in [0.25, 0.3) is 0 Å². The van der Waals surface area contributed by atoms with Gasteiger partial charge in [0.15, 0.2) is 0 Å². The summed E-state index contributed by atoms with van der Waals surface area (Å²) < 4.78 is 0. The third kappa shape index (κ3) is 3.45. The predicted molar refractivity (Wildman–Crippen MR) is 67.5 cm³/mol. The summed E-state index contributed by atoms with van der Waals surface area (Å²) in [5.74, 6) is 0.735. The van der Waals surface area contributed by atoms with Gasteiger partial charge in [-0.15, -0.1) is 0 Å². The Kier molecular flexibility index (Phi) is 3.86. The van der Waals surface area contributed by atoms with Crippen LogP contribution >= 0.6 is 0 Å². The Morgan fingerprint density at radius 2 is 2.00 bits per heavy atom. The Bertz CT molecular complexity index is 341. The van der Waals surface area contributed by atoms with Crippen molar-refractivity contribution in [1.29, 1.82) is 0 Å². The molecule has 2 N–H and O–H groups in total. The van der Waals surface area contributed by atoms with E-state index in [0.29, 0.717) is 0 Å². The van der Waals surface area contributed by atoms with Crippen molar-refractivity contribution in [3.63, 3.8) is 0 Å². The average Bonchev–Trinajstić information content (AvgIpc) is 2.16. The summed E-state index contributed by atoms with van der Waals surface area (Å²) in [6.07, 6.45) is 2.57. The van der Waals surface area contributed by atoms with Crippen molar-refractivity contribution in [2.45, 2.75) is 33.2 Å². The van der Waals surface area contributed by atoms with Gasteiger partial charge >= 0.3 is 0 Å². The summed E-state index contributed by atoms with van der Waals surface area (Å²) in [4.78, 5) is 10.5. The van der Waals surface area contributed by atoms with Crippen LogP contribution in [0.5, 0.6) is 0 Å².